The van der Waals surface area contributed by atoms with E-state index in [2.05, 4.69) is 10.0 Å². The number of anilines is 1. The van der Waals surface area contributed by atoms with Crippen molar-refractivity contribution in [1.82, 2.24) is 5.32 Å². The average molecular weight is 433 g/mol. The first-order valence-corrected chi connectivity index (χ1v) is 10.9. The Morgan fingerprint density at radius 1 is 1.00 bits per heavy atom. The van der Waals surface area contributed by atoms with Gasteiger partial charge in [-0.1, -0.05) is 18.2 Å². The Balaban J connectivity index is 1.68. The van der Waals surface area contributed by atoms with E-state index in [-0.39, 0.29) is 16.7 Å². The van der Waals surface area contributed by atoms with Gasteiger partial charge in [-0.25, -0.2) is 8.42 Å². The number of methoxy groups -OCH3 is 2. The number of amides is 1. The summed E-state index contributed by atoms with van der Waals surface area (Å²) in [7, 11) is -0.572. The number of carbonyl (C=O) groups excluding carboxylic acids is 1. The summed E-state index contributed by atoms with van der Waals surface area (Å²) in [6.45, 7) is 0.282. The summed E-state index contributed by atoms with van der Waals surface area (Å²) in [6, 6.07) is 14.9. The third-order valence-electron chi connectivity index (χ3n) is 4.04. The van der Waals surface area contributed by atoms with Crippen molar-refractivity contribution in [1.29, 1.82) is 0 Å². The fraction of sp³-hybridized carbons (Fsp3) is 0.150. The zero-order chi connectivity index (χ0) is 20.9. The normalized spacial score (nSPS) is 11.0. The summed E-state index contributed by atoms with van der Waals surface area (Å²) in [6.07, 6.45) is 0. The van der Waals surface area contributed by atoms with Crippen molar-refractivity contribution in [2.24, 2.45) is 0 Å². The van der Waals surface area contributed by atoms with E-state index in [1.165, 1.54) is 12.1 Å². The Morgan fingerprint density at radius 2 is 1.79 bits per heavy atom. The first kappa shape index (κ1) is 20.7. The van der Waals surface area contributed by atoms with Crippen molar-refractivity contribution < 1.29 is 22.7 Å². The summed E-state index contributed by atoms with van der Waals surface area (Å²) in [5.74, 6) is 0.856. The van der Waals surface area contributed by atoms with Crippen LogP contribution < -0.4 is 19.5 Å². The number of ether oxygens (including phenoxy) is 2. The smallest absolute Gasteiger partial charge is 0.271 e. The average Bonchev–Trinajstić information content (AvgIpc) is 3.27. The molecule has 3 aromatic rings. The Kier molecular flexibility index (Phi) is 6.40. The van der Waals surface area contributed by atoms with E-state index in [1.807, 2.05) is 6.07 Å². The van der Waals surface area contributed by atoms with Crippen LogP contribution in [0.5, 0.6) is 11.5 Å². The molecular formula is C20H20N2O5S2. The van der Waals surface area contributed by atoms with Gasteiger partial charge in [-0.05, 0) is 47.3 Å². The summed E-state index contributed by atoms with van der Waals surface area (Å²) in [4.78, 5) is 12.5. The van der Waals surface area contributed by atoms with Gasteiger partial charge in [0.1, 0.15) is 4.21 Å². The maximum atomic E-state index is 12.5. The summed E-state index contributed by atoms with van der Waals surface area (Å²) in [5, 5.41) is 4.50. The fourth-order valence-corrected chi connectivity index (χ4v) is 4.66. The predicted molar refractivity (Wildman–Crippen MR) is 112 cm³/mol. The largest absolute Gasteiger partial charge is 0.493 e. The number of nitrogens with one attached hydrogen (secondary N) is 2. The SMILES string of the molecule is COc1ccc(CNC(=O)c2cccc(NS(=O)(=O)c3cccs3)c2)cc1OC. The Morgan fingerprint density at radius 3 is 2.48 bits per heavy atom. The molecule has 0 saturated carbocycles. The van der Waals surface area contributed by atoms with Crippen molar-refractivity contribution in [2.45, 2.75) is 10.8 Å². The second kappa shape index (κ2) is 8.97. The zero-order valence-corrected chi connectivity index (χ0v) is 17.5. The number of benzene rings is 2. The van der Waals surface area contributed by atoms with Crippen molar-refractivity contribution in [3.05, 3.63) is 71.1 Å². The molecule has 0 aliphatic heterocycles. The van der Waals surface area contributed by atoms with E-state index in [0.29, 0.717) is 22.7 Å². The summed E-state index contributed by atoms with van der Waals surface area (Å²) in [5.41, 5.74) is 1.50. The Labute approximate surface area is 173 Å². The molecule has 1 aromatic heterocycles. The van der Waals surface area contributed by atoms with E-state index in [9.17, 15) is 13.2 Å². The van der Waals surface area contributed by atoms with Gasteiger partial charge in [0.2, 0.25) is 0 Å². The van der Waals surface area contributed by atoms with Gasteiger partial charge in [0.15, 0.2) is 11.5 Å². The molecule has 1 heterocycles. The number of hydrogen-bond donors (Lipinski definition) is 2. The van der Waals surface area contributed by atoms with Gasteiger partial charge >= 0.3 is 0 Å². The van der Waals surface area contributed by atoms with E-state index in [0.717, 1.165) is 16.9 Å². The standard InChI is InChI=1S/C20H20N2O5S2/c1-26-17-9-8-14(11-18(17)27-2)13-21-20(23)15-5-3-6-16(12-15)22-29(24,25)19-7-4-10-28-19/h3-12,22H,13H2,1-2H3,(H,21,23). The topological polar surface area (TPSA) is 93.7 Å². The summed E-state index contributed by atoms with van der Waals surface area (Å²) < 4.78 is 37.8. The van der Waals surface area contributed by atoms with Crippen LogP contribution >= 0.6 is 11.3 Å². The lowest BCUT2D eigenvalue weighted by atomic mass is 10.1. The minimum absolute atomic E-state index is 0.209. The monoisotopic (exact) mass is 432 g/mol. The number of thiophene rings is 1. The molecule has 0 atom stereocenters. The third kappa shape index (κ3) is 5.07. The molecule has 2 N–H and O–H groups in total. The van der Waals surface area contributed by atoms with Crippen LogP contribution in [0.1, 0.15) is 15.9 Å². The van der Waals surface area contributed by atoms with Gasteiger partial charge in [0, 0.05) is 17.8 Å². The molecule has 0 fully saturated rings. The molecule has 0 spiro atoms. The minimum Gasteiger partial charge on any atom is -0.493 e. The molecule has 0 aliphatic carbocycles. The lowest BCUT2D eigenvalue weighted by molar-refractivity contribution is 0.0951. The van der Waals surface area contributed by atoms with Crippen molar-refractivity contribution in [3.63, 3.8) is 0 Å². The highest BCUT2D eigenvalue weighted by molar-refractivity contribution is 7.94. The van der Waals surface area contributed by atoms with Gasteiger partial charge in [0.25, 0.3) is 15.9 Å². The Bertz CT molecular complexity index is 1100. The van der Waals surface area contributed by atoms with E-state index in [1.54, 1.807) is 56.0 Å². The molecule has 7 nitrogen and oxygen atoms in total. The van der Waals surface area contributed by atoms with E-state index < -0.39 is 10.0 Å². The molecule has 0 radical (unpaired) electrons. The van der Waals surface area contributed by atoms with Gasteiger partial charge in [-0.3, -0.25) is 9.52 Å². The van der Waals surface area contributed by atoms with Crippen molar-refractivity contribution >= 4 is 33.0 Å². The van der Waals surface area contributed by atoms with Crippen LogP contribution in [0.15, 0.2) is 64.2 Å². The van der Waals surface area contributed by atoms with Crippen LogP contribution in [0.3, 0.4) is 0 Å². The second-order valence-electron chi connectivity index (χ2n) is 5.99. The molecule has 9 heteroatoms. The Hall–Kier alpha value is -3.04. The molecule has 0 aliphatic rings. The number of hydrogen-bond acceptors (Lipinski definition) is 6. The van der Waals surface area contributed by atoms with Crippen LogP contribution in [-0.4, -0.2) is 28.5 Å². The molecule has 29 heavy (non-hydrogen) atoms. The molecule has 2 aromatic carbocycles. The predicted octanol–water partition coefficient (Wildman–Crippen LogP) is 3.50. The zero-order valence-electron chi connectivity index (χ0n) is 15.8. The highest BCUT2D eigenvalue weighted by Crippen LogP contribution is 2.27. The maximum Gasteiger partial charge on any atom is 0.271 e. The number of sulfonamides is 1. The fourth-order valence-electron chi connectivity index (χ4n) is 2.62. The quantitative estimate of drug-likeness (QED) is 0.568. The van der Waals surface area contributed by atoms with Gasteiger partial charge in [-0.15, -0.1) is 11.3 Å². The number of carbonyl (C=O) groups is 1. The molecule has 0 bridgehead atoms. The highest BCUT2D eigenvalue weighted by Gasteiger charge is 2.16. The van der Waals surface area contributed by atoms with Crippen LogP contribution in [-0.2, 0) is 16.6 Å². The lowest BCUT2D eigenvalue weighted by Gasteiger charge is -2.11. The lowest BCUT2D eigenvalue weighted by Crippen LogP contribution is -2.23. The third-order valence-corrected chi connectivity index (χ3v) is 6.82. The molecule has 3 rings (SSSR count). The molecule has 1 amide bonds. The van der Waals surface area contributed by atoms with E-state index >= 15 is 0 Å². The minimum atomic E-state index is -3.67. The van der Waals surface area contributed by atoms with Crippen LogP contribution in [0.4, 0.5) is 5.69 Å². The van der Waals surface area contributed by atoms with Gasteiger partial charge in [0.05, 0.1) is 14.2 Å². The molecular weight excluding hydrogens is 412 g/mol. The van der Waals surface area contributed by atoms with Crippen LogP contribution in [0.2, 0.25) is 0 Å². The maximum absolute atomic E-state index is 12.5. The molecule has 0 unspecified atom stereocenters. The summed E-state index contributed by atoms with van der Waals surface area (Å²) >= 11 is 1.12. The van der Waals surface area contributed by atoms with Gasteiger partial charge in [-0.2, -0.15) is 0 Å². The van der Waals surface area contributed by atoms with Crippen LogP contribution in [0, 0.1) is 0 Å². The first-order valence-electron chi connectivity index (χ1n) is 8.58. The molecule has 0 saturated heterocycles. The van der Waals surface area contributed by atoms with Crippen molar-refractivity contribution in [2.75, 3.05) is 18.9 Å². The second-order valence-corrected chi connectivity index (χ2v) is 8.85. The molecule has 152 valence electrons. The first-order chi connectivity index (χ1) is 13.9. The van der Waals surface area contributed by atoms with Crippen molar-refractivity contribution in [3.8, 4) is 11.5 Å². The highest BCUT2D eigenvalue weighted by atomic mass is 32.2. The number of rotatable bonds is 8. The van der Waals surface area contributed by atoms with E-state index in [4.69, 9.17) is 9.47 Å². The van der Waals surface area contributed by atoms with Gasteiger partial charge < -0.3 is 14.8 Å². The van der Waals surface area contributed by atoms with Crippen LogP contribution in [0.25, 0.3) is 0 Å².